The van der Waals surface area contributed by atoms with Gasteiger partial charge in [-0.2, -0.15) is 9.97 Å². The summed E-state index contributed by atoms with van der Waals surface area (Å²) in [6.45, 7) is 0.471. The summed E-state index contributed by atoms with van der Waals surface area (Å²) in [5.41, 5.74) is 1.83. The van der Waals surface area contributed by atoms with Crippen LogP contribution in [0.5, 0.6) is 0 Å². The van der Waals surface area contributed by atoms with Crippen molar-refractivity contribution in [3.8, 4) is 22.8 Å². The molecule has 0 aliphatic carbocycles. The highest BCUT2D eigenvalue weighted by molar-refractivity contribution is 6.33. The first-order valence-electron chi connectivity index (χ1n) is 11.3. The number of hydrogen-bond donors (Lipinski definition) is 1. The minimum Gasteiger partial charge on any atom is -0.387 e. The van der Waals surface area contributed by atoms with Crippen LogP contribution in [0, 0.1) is 5.82 Å². The Hall–Kier alpha value is -3.63. The van der Waals surface area contributed by atoms with Crippen LogP contribution in [0.15, 0.2) is 81.8 Å². The van der Waals surface area contributed by atoms with E-state index in [4.69, 9.17) is 32.2 Å². The highest BCUT2D eigenvalue weighted by Gasteiger charge is 2.21. The van der Waals surface area contributed by atoms with Crippen molar-refractivity contribution in [2.24, 2.45) is 0 Å². The van der Waals surface area contributed by atoms with Crippen molar-refractivity contribution in [3.63, 3.8) is 0 Å². The lowest BCUT2D eigenvalue weighted by Gasteiger charge is -2.22. The number of benzene rings is 3. The highest BCUT2D eigenvalue weighted by atomic mass is 35.5. The summed E-state index contributed by atoms with van der Waals surface area (Å²) in [5.74, 6) is 0.903. The second-order valence-electron chi connectivity index (χ2n) is 8.22. The van der Waals surface area contributed by atoms with Gasteiger partial charge in [-0.05, 0) is 42.0 Å². The predicted octanol–water partition coefficient (Wildman–Crippen LogP) is 5.97. The number of hydrogen-bond acceptors (Lipinski definition) is 8. The Kier molecular flexibility index (Phi) is 7.57. The first-order valence-corrected chi connectivity index (χ1v) is 12.0. The number of aliphatic hydroxyl groups excluding tert-OH is 1. The molecule has 0 fully saturated rings. The van der Waals surface area contributed by atoms with Gasteiger partial charge in [-0.1, -0.05) is 69.9 Å². The molecule has 0 aliphatic heterocycles. The van der Waals surface area contributed by atoms with Gasteiger partial charge < -0.3 is 14.2 Å². The van der Waals surface area contributed by atoms with Crippen molar-refractivity contribution >= 4 is 23.2 Å². The molecule has 0 bridgehead atoms. The lowest BCUT2D eigenvalue weighted by Crippen LogP contribution is -2.28. The second-order valence-corrected chi connectivity index (χ2v) is 9.03. The van der Waals surface area contributed by atoms with E-state index in [2.05, 4.69) is 20.3 Å². The summed E-state index contributed by atoms with van der Waals surface area (Å²) >= 11 is 12.5. The molecule has 5 aromatic rings. The fourth-order valence-electron chi connectivity index (χ4n) is 3.74. The van der Waals surface area contributed by atoms with Crippen LogP contribution in [0.1, 0.15) is 23.4 Å². The molecule has 2 heterocycles. The van der Waals surface area contributed by atoms with Crippen molar-refractivity contribution in [2.75, 3.05) is 6.54 Å². The SMILES string of the molecule is O[C@H](CN(Cc1nc(-c2ccccc2Cl)no1)Cc1nc(-c2ccccc2Cl)no1)c1ccc(F)cc1. The van der Waals surface area contributed by atoms with Crippen LogP contribution >= 0.6 is 23.2 Å². The molecule has 0 radical (unpaired) electrons. The molecular weight excluding hydrogens is 520 g/mol. The fraction of sp³-hybridized carbons (Fsp3) is 0.154. The van der Waals surface area contributed by atoms with E-state index in [0.717, 1.165) is 0 Å². The Morgan fingerprint density at radius 2 is 1.24 bits per heavy atom. The van der Waals surface area contributed by atoms with Gasteiger partial charge in [0.1, 0.15) is 5.82 Å². The average Bonchev–Trinajstić information content (AvgIpc) is 3.55. The van der Waals surface area contributed by atoms with Crippen molar-refractivity contribution in [1.82, 2.24) is 25.2 Å². The second kappa shape index (κ2) is 11.2. The van der Waals surface area contributed by atoms with Gasteiger partial charge in [-0.15, -0.1) is 0 Å². The predicted molar refractivity (Wildman–Crippen MR) is 135 cm³/mol. The van der Waals surface area contributed by atoms with Crippen LogP contribution in [-0.4, -0.2) is 36.8 Å². The Morgan fingerprint density at radius 1 is 0.757 bits per heavy atom. The summed E-state index contributed by atoms with van der Waals surface area (Å²) in [4.78, 5) is 10.7. The molecular formula is C26H20Cl2FN5O3. The molecule has 1 N–H and O–H groups in total. The Labute approximate surface area is 221 Å². The zero-order chi connectivity index (χ0) is 25.8. The zero-order valence-electron chi connectivity index (χ0n) is 19.3. The normalized spacial score (nSPS) is 12.2. The number of rotatable bonds is 9. The fourth-order valence-corrected chi connectivity index (χ4v) is 4.19. The van der Waals surface area contributed by atoms with Gasteiger partial charge in [0.15, 0.2) is 0 Å². The molecule has 5 rings (SSSR count). The van der Waals surface area contributed by atoms with Gasteiger partial charge >= 0.3 is 0 Å². The maximum Gasteiger partial charge on any atom is 0.241 e. The van der Waals surface area contributed by atoms with Crippen molar-refractivity contribution in [3.05, 3.63) is 106 Å². The standard InChI is InChI=1S/C26H20Cl2FN5O3/c27-20-7-3-1-5-18(20)25-30-23(36-32-25)14-34(13-22(35)16-9-11-17(29)12-10-16)15-24-31-26(33-37-24)19-6-2-4-8-21(19)28/h1-12,22,35H,13-15H2/t22-/m1/s1. The summed E-state index contributed by atoms with van der Waals surface area (Å²) in [6.07, 6.45) is -0.933. The van der Waals surface area contributed by atoms with Gasteiger partial charge in [0, 0.05) is 17.7 Å². The average molecular weight is 540 g/mol. The third-order valence-corrected chi connectivity index (χ3v) is 6.23. The van der Waals surface area contributed by atoms with Crippen LogP contribution in [-0.2, 0) is 13.1 Å². The topological polar surface area (TPSA) is 101 Å². The van der Waals surface area contributed by atoms with Crippen molar-refractivity contribution < 1.29 is 18.5 Å². The molecule has 188 valence electrons. The van der Waals surface area contributed by atoms with E-state index in [1.165, 1.54) is 24.3 Å². The molecule has 0 spiro atoms. The van der Waals surface area contributed by atoms with E-state index in [-0.39, 0.29) is 25.5 Å². The number of aromatic nitrogens is 4. The van der Waals surface area contributed by atoms with Crippen molar-refractivity contribution in [2.45, 2.75) is 19.2 Å². The first kappa shape index (κ1) is 25.0. The largest absolute Gasteiger partial charge is 0.387 e. The molecule has 1 atom stereocenters. The van der Waals surface area contributed by atoms with Gasteiger partial charge in [0.25, 0.3) is 0 Å². The van der Waals surface area contributed by atoms with Crippen LogP contribution in [0.4, 0.5) is 4.39 Å². The van der Waals surface area contributed by atoms with Gasteiger partial charge in [-0.3, -0.25) is 4.90 Å². The first-order chi connectivity index (χ1) is 18.0. The van der Waals surface area contributed by atoms with E-state index in [1.807, 2.05) is 29.2 Å². The Bertz CT molecular complexity index is 1410. The van der Waals surface area contributed by atoms with Crippen molar-refractivity contribution in [1.29, 1.82) is 0 Å². The third kappa shape index (κ3) is 6.03. The van der Waals surface area contributed by atoms with E-state index in [0.29, 0.717) is 50.2 Å². The quantitative estimate of drug-likeness (QED) is 0.244. The minimum atomic E-state index is -0.933. The third-order valence-electron chi connectivity index (χ3n) is 5.57. The van der Waals surface area contributed by atoms with Gasteiger partial charge in [0.05, 0.1) is 29.2 Å². The van der Waals surface area contributed by atoms with E-state index < -0.39 is 6.10 Å². The molecule has 0 unspecified atom stereocenters. The van der Waals surface area contributed by atoms with Crippen LogP contribution in [0.25, 0.3) is 22.8 Å². The molecule has 37 heavy (non-hydrogen) atoms. The monoisotopic (exact) mass is 539 g/mol. The molecule has 8 nitrogen and oxygen atoms in total. The lowest BCUT2D eigenvalue weighted by atomic mass is 10.1. The van der Waals surface area contributed by atoms with E-state index in [1.54, 1.807) is 24.3 Å². The summed E-state index contributed by atoms with van der Waals surface area (Å²) in [7, 11) is 0. The Morgan fingerprint density at radius 3 is 1.73 bits per heavy atom. The summed E-state index contributed by atoms with van der Waals surface area (Å²) in [6, 6.07) is 20.0. The number of aliphatic hydroxyl groups is 1. The highest BCUT2D eigenvalue weighted by Crippen LogP contribution is 2.27. The molecule has 0 amide bonds. The molecule has 11 heteroatoms. The van der Waals surface area contributed by atoms with E-state index >= 15 is 0 Å². The zero-order valence-corrected chi connectivity index (χ0v) is 20.8. The molecule has 0 saturated heterocycles. The van der Waals surface area contributed by atoms with E-state index in [9.17, 15) is 9.50 Å². The van der Waals surface area contributed by atoms with Gasteiger partial charge in [-0.25, -0.2) is 4.39 Å². The van der Waals surface area contributed by atoms with Crippen LogP contribution in [0.3, 0.4) is 0 Å². The number of nitrogens with zero attached hydrogens (tertiary/aromatic N) is 5. The summed E-state index contributed by atoms with van der Waals surface area (Å²) < 4.78 is 24.3. The lowest BCUT2D eigenvalue weighted by molar-refractivity contribution is 0.0905. The van der Waals surface area contributed by atoms with Crippen LogP contribution in [0.2, 0.25) is 10.0 Å². The minimum absolute atomic E-state index is 0.138. The maximum atomic E-state index is 13.4. The molecule has 3 aromatic carbocycles. The smallest absolute Gasteiger partial charge is 0.241 e. The molecule has 0 aliphatic rings. The maximum absolute atomic E-state index is 13.4. The molecule has 0 saturated carbocycles. The summed E-state index contributed by atoms with van der Waals surface area (Å²) in [5, 5.41) is 19.9. The Balaban J connectivity index is 1.38. The van der Waals surface area contributed by atoms with Crippen LogP contribution < -0.4 is 0 Å². The van der Waals surface area contributed by atoms with Gasteiger partial charge in [0.2, 0.25) is 23.4 Å². The number of halogens is 3. The molecule has 2 aromatic heterocycles.